The molecule has 1 saturated heterocycles. The summed E-state index contributed by atoms with van der Waals surface area (Å²) in [6, 6.07) is 0.474. The fourth-order valence-electron chi connectivity index (χ4n) is 2.53. The smallest absolute Gasteiger partial charge is 0.191 e. The molecule has 1 rings (SSSR count). The van der Waals surface area contributed by atoms with Crippen molar-refractivity contribution in [3.8, 4) is 0 Å². The molecule has 1 unspecified atom stereocenters. The van der Waals surface area contributed by atoms with Crippen molar-refractivity contribution in [2.45, 2.75) is 46.6 Å². The van der Waals surface area contributed by atoms with E-state index in [9.17, 15) is 0 Å². The van der Waals surface area contributed by atoms with Gasteiger partial charge < -0.3 is 10.6 Å². The lowest BCUT2D eigenvalue weighted by Crippen LogP contribution is -2.43. The second kappa shape index (κ2) is 9.80. The molecule has 1 atom stereocenters. The molecule has 0 aromatic heterocycles. The second-order valence-electron chi connectivity index (χ2n) is 5.44. The third kappa shape index (κ3) is 6.29. The molecule has 4 nitrogen and oxygen atoms in total. The summed E-state index contributed by atoms with van der Waals surface area (Å²) in [5, 5.41) is 0. The van der Waals surface area contributed by atoms with Gasteiger partial charge in [0.05, 0.1) is 6.54 Å². The molecule has 0 spiro atoms. The average molecular weight is 382 g/mol. The topological polar surface area (TPSA) is 44.9 Å². The van der Waals surface area contributed by atoms with E-state index in [4.69, 9.17) is 5.73 Å². The highest BCUT2D eigenvalue weighted by Crippen LogP contribution is 2.15. The van der Waals surface area contributed by atoms with E-state index < -0.39 is 0 Å². The number of halogens is 1. The second-order valence-corrected chi connectivity index (χ2v) is 5.44. The van der Waals surface area contributed by atoms with Crippen molar-refractivity contribution in [1.29, 1.82) is 0 Å². The summed E-state index contributed by atoms with van der Waals surface area (Å²) in [5.41, 5.74) is 6.08. The van der Waals surface area contributed by atoms with Crippen molar-refractivity contribution in [1.82, 2.24) is 9.80 Å². The van der Waals surface area contributed by atoms with Crippen LogP contribution in [0.25, 0.3) is 0 Å². The zero-order valence-electron chi connectivity index (χ0n) is 12.9. The van der Waals surface area contributed by atoms with Gasteiger partial charge in [-0.3, -0.25) is 9.89 Å². The van der Waals surface area contributed by atoms with Gasteiger partial charge in [-0.25, -0.2) is 0 Å². The Bertz CT molecular complexity index is 258. The summed E-state index contributed by atoms with van der Waals surface area (Å²) in [7, 11) is 0. The van der Waals surface area contributed by atoms with Crippen LogP contribution in [0.3, 0.4) is 0 Å². The normalized spacial score (nSPS) is 19.4. The van der Waals surface area contributed by atoms with Crippen molar-refractivity contribution in [2.75, 3.05) is 32.7 Å². The molecule has 0 bridgehead atoms. The van der Waals surface area contributed by atoms with E-state index in [0.29, 0.717) is 6.04 Å². The average Bonchev–Trinajstić information content (AvgIpc) is 2.38. The van der Waals surface area contributed by atoms with Gasteiger partial charge >= 0.3 is 0 Å². The fraction of sp³-hybridized carbons (Fsp3) is 0.929. The maximum atomic E-state index is 6.08. The molecular weight excluding hydrogens is 351 g/mol. The first kappa shape index (κ1) is 19.0. The van der Waals surface area contributed by atoms with Crippen LogP contribution < -0.4 is 5.73 Å². The molecule has 0 aliphatic carbocycles. The van der Waals surface area contributed by atoms with Crippen molar-refractivity contribution in [3.63, 3.8) is 0 Å². The molecule has 1 aliphatic heterocycles. The van der Waals surface area contributed by atoms with Crippen LogP contribution in [0.15, 0.2) is 4.99 Å². The van der Waals surface area contributed by atoms with Crippen LogP contribution in [0, 0.1) is 5.92 Å². The Morgan fingerprint density at radius 2 is 1.84 bits per heavy atom. The summed E-state index contributed by atoms with van der Waals surface area (Å²) >= 11 is 0. The van der Waals surface area contributed by atoms with E-state index in [0.717, 1.165) is 44.6 Å². The summed E-state index contributed by atoms with van der Waals surface area (Å²) in [6.07, 6.45) is 2.48. The highest BCUT2D eigenvalue weighted by molar-refractivity contribution is 14.0. The van der Waals surface area contributed by atoms with Crippen LogP contribution in [0.4, 0.5) is 0 Å². The quantitative estimate of drug-likeness (QED) is 0.451. The molecule has 1 aliphatic rings. The summed E-state index contributed by atoms with van der Waals surface area (Å²) in [5.74, 6) is 1.57. The molecule has 2 N–H and O–H groups in total. The fourth-order valence-corrected chi connectivity index (χ4v) is 2.53. The lowest BCUT2D eigenvalue weighted by molar-refractivity contribution is 0.235. The Hall–Kier alpha value is -0.0400. The Morgan fingerprint density at radius 3 is 2.32 bits per heavy atom. The van der Waals surface area contributed by atoms with Gasteiger partial charge in [0.25, 0.3) is 0 Å². The van der Waals surface area contributed by atoms with Crippen LogP contribution >= 0.6 is 24.0 Å². The lowest BCUT2D eigenvalue weighted by atomic mass is 10.00. The number of hydrogen-bond donors (Lipinski definition) is 1. The number of nitrogens with two attached hydrogens (primary N) is 1. The van der Waals surface area contributed by atoms with Crippen LogP contribution in [0.1, 0.15) is 40.5 Å². The minimum Gasteiger partial charge on any atom is -0.370 e. The van der Waals surface area contributed by atoms with E-state index in [1.54, 1.807) is 0 Å². The van der Waals surface area contributed by atoms with E-state index in [2.05, 4.69) is 42.5 Å². The lowest BCUT2D eigenvalue weighted by Gasteiger charge is -2.31. The Morgan fingerprint density at radius 1 is 1.32 bits per heavy atom. The molecule has 19 heavy (non-hydrogen) atoms. The number of likely N-dealkylation sites (N-methyl/N-ethyl adjacent to an activating group) is 1. The first-order valence-electron chi connectivity index (χ1n) is 7.37. The molecule has 5 heteroatoms. The predicted octanol–water partition coefficient (Wildman–Crippen LogP) is 2.38. The number of likely N-dealkylation sites (tertiary alicyclic amines) is 1. The van der Waals surface area contributed by atoms with Gasteiger partial charge in [-0.1, -0.05) is 20.8 Å². The molecule has 0 saturated carbocycles. The van der Waals surface area contributed by atoms with Crippen LogP contribution in [0.5, 0.6) is 0 Å². The highest BCUT2D eigenvalue weighted by Gasteiger charge is 2.17. The van der Waals surface area contributed by atoms with E-state index in [1.807, 2.05) is 0 Å². The molecule has 1 heterocycles. The molecule has 0 amide bonds. The predicted molar refractivity (Wildman–Crippen MR) is 94.3 cm³/mol. The molecule has 0 radical (unpaired) electrons. The SMILES string of the molecule is CCN(CC)C(C)CN=C(N)N1CCC(C)CC1.I. The van der Waals surface area contributed by atoms with Gasteiger partial charge in [-0.05, 0) is 38.8 Å². The van der Waals surface area contributed by atoms with Gasteiger partial charge in [-0.2, -0.15) is 0 Å². The van der Waals surface area contributed by atoms with Crippen molar-refractivity contribution < 1.29 is 0 Å². The molecule has 1 fully saturated rings. The minimum absolute atomic E-state index is 0. The molecule has 0 aromatic rings. The maximum Gasteiger partial charge on any atom is 0.191 e. The number of piperidine rings is 1. The molecule has 114 valence electrons. The summed E-state index contributed by atoms with van der Waals surface area (Å²) in [4.78, 5) is 9.21. The minimum atomic E-state index is 0. The molecule has 0 aromatic carbocycles. The maximum absolute atomic E-state index is 6.08. The van der Waals surface area contributed by atoms with Gasteiger partial charge in [-0.15, -0.1) is 24.0 Å². The van der Waals surface area contributed by atoms with Crippen molar-refractivity contribution in [2.24, 2.45) is 16.6 Å². The third-order valence-electron chi connectivity index (χ3n) is 4.06. The number of aliphatic imine (C=N–C) groups is 1. The molecular formula is C14H31IN4. The van der Waals surface area contributed by atoms with Crippen molar-refractivity contribution >= 4 is 29.9 Å². The monoisotopic (exact) mass is 382 g/mol. The zero-order chi connectivity index (χ0) is 13.5. The third-order valence-corrected chi connectivity index (χ3v) is 4.06. The van der Waals surface area contributed by atoms with E-state index in [-0.39, 0.29) is 24.0 Å². The largest absolute Gasteiger partial charge is 0.370 e. The number of guanidine groups is 1. The van der Waals surface area contributed by atoms with Crippen LogP contribution in [0.2, 0.25) is 0 Å². The van der Waals surface area contributed by atoms with Gasteiger partial charge in [0, 0.05) is 19.1 Å². The van der Waals surface area contributed by atoms with Gasteiger partial charge in [0.15, 0.2) is 5.96 Å². The Kier molecular flexibility index (Phi) is 9.78. The Labute approximate surface area is 135 Å². The van der Waals surface area contributed by atoms with E-state index in [1.165, 1.54) is 12.8 Å². The zero-order valence-corrected chi connectivity index (χ0v) is 15.3. The van der Waals surface area contributed by atoms with Crippen molar-refractivity contribution in [3.05, 3.63) is 0 Å². The number of nitrogens with zero attached hydrogens (tertiary/aromatic N) is 3. The standard InChI is InChI=1S/C14H30N4.HI/c1-5-17(6-2)13(4)11-16-14(15)18-9-7-12(3)8-10-18;/h12-13H,5-11H2,1-4H3,(H2,15,16);1H. The van der Waals surface area contributed by atoms with Gasteiger partial charge in [0.1, 0.15) is 0 Å². The number of rotatable bonds is 5. The van der Waals surface area contributed by atoms with Crippen LogP contribution in [-0.2, 0) is 0 Å². The summed E-state index contributed by atoms with van der Waals surface area (Å²) < 4.78 is 0. The number of hydrogen-bond acceptors (Lipinski definition) is 2. The Balaban J connectivity index is 0.00000324. The first-order chi connectivity index (χ1) is 8.58. The van der Waals surface area contributed by atoms with Gasteiger partial charge in [0.2, 0.25) is 0 Å². The van der Waals surface area contributed by atoms with Crippen LogP contribution in [-0.4, -0.2) is 54.5 Å². The summed E-state index contributed by atoms with van der Waals surface area (Å²) in [6.45, 7) is 14.0. The first-order valence-corrected chi connectivity index (χ1v) is 7.37. The van der Waals surface area contributed by atoms with E-state index >= 15 is 0 Å². The highest BCUT2D eigenvalue weighted by atomic mass is 127.